The van der Waals surface area contributed by atoms with Crippen LogP contribution in [0.15, 0.2) is 36.4 Å². The van der Waals surface area contributed by atoms with E-state index >= 15 is 0 Å². The molecule has 0 saturated carbocycles. The second kappa shape index (κ2) is 6.97. The Bertz CT molecular complexity index is 763. The third-order valence-corrected chi connectivity index (χ3v) is 3.06. The summed E-state index contributed by atoms with van der Waals surface area (Å²) in [6.45, 7) is 1.61. The van der Waals surface area contributed by atoms with E-state index in [1.807, 2.05) is 6.92 Å². The number of rotatable bonds is 4. The van der Waals surface area contributed by atoms with Crippen molar-refractivity contribution in [2.75, 3.05) is 17.2 Å². The number of nitrogens with one attached hydrogen (secondary N) is 2. The fraction of sp³-hybridized carbons (Fsp3) is 0.125. The van der Waals surface area contributed by atoms with Gasteiger partial charge in [-0.15, -0.1) is 0 Å². The van der Waals surface area contributed by atoms with Crippen LogP contribution < -0.4 is 16.4 Å². The highest BCUT2D eigenvalue weighted by atomic mass is 19.2. The van der Waals surface area contributed by atoms with E-state index in [4.69, 9.17) is 5.73 Å². The molecular weight excluding hydrogens is 304 g/mol. The number of carbonyl (C=O) groups excluding carboxylic acids is 2. The average molecular weight is 319 g/mol. The van der Waals surface area contributed by atoms with Crippen LogP contribution in [-0.4, -0.2) is 18.4 Å². The van der Waals surface area contributed by atoms with Crippen molar-refractivity contribution in [3.8, 4) is 0 Å². The SMILES string of the molecule is Cc1ccc(NC(=O)c2ccc(F)c(F)c2)c(NC(=O)CN)c1. The molecule has 0 aliphatic rings. The van der Waals surface area contributed by atoms with Gasteiger partial charge in [0, 0.05) is 5.56 Å². The molecule has 5 nitrogen and oxygen atoms in total. The lowest BCUT2D eigenvalue weighted by molar-refractivity contribution is -0.114. The number of hydrogen-bond acceptors (Lipinski definition) is 3. The molecule has 0 aliphatic carbocycles. The molecule has 120 valence electrons. The van der Waals surface area contributed by atoms with Crippen molar-refractivity contribution in [3.05, 3.63) is 59.2 Å². The normalized spacial score (nSPS) is 10.3. The smallest absolute Gasteiger partial charge is 0.255 e. The van der Waals surface area contributed by atoms with Crippen LogP contribution in [0.25, 0.3) is 0 Å². The van der Waals surface area contributed by atoms with E-state index in [1.54, 1.807) is 18.2 Å². The Morgan fingerprint density at radius 1 is 1.00 bits per heavy atom. The minimum Gasteiger partial charge on any atom is -0.323 e. The Labute approximate surface area is 131 Å². The van der Waals surface area contributed by atoms with Gasteiger partial charge in [0.1, 0.15) is 0 Å². The van der Waals surface area contributed by atoms with Crippen LogP contribution in [0.2, 0.25) is 0 Å². The van der Waals surface area contributed by atoms with Gasteiger partial charge in [-0.25, -0.2) is 8.78 Å². The number of amides is 2. The third kappa shape index (κ3) is 4.10. The zero-order chi connectivity index (χ0) is 17.0. The van der Waals surface area contributed by atoms with Crippen LogP contribution in [0.3, 0.4) is 0 Å². The Hall–Kier alpha value is -2.80. The molecule has 0 atom stereocenters. The summed E-state index contributed by atoms with van der Waals surface area (Å²) in [6, 6.07) is 7.83. The predicted molar refractivity (Wildman–Crippen MR) is 83.2 cm³/mol. The average Bonchev–Trinajstić information content (AvgIpc) is 2.52. The maximum Gasteiger partial charge on any atom is 0.255 e. The first-order chi connectivity index (χ1) is 10.9. The molecule has 0 bridgehead atoms. The summed E-state index contributed by atoms with van der Waals surface area (Å²) in [7, 11) is 0. The zero-order valence-electron chi connectivity index (χ0n) is 12.3. The molecule has 0 heterocycles. The van der Waals surface area contributed by atoms with Gasteiger partial charge in [0.15, 0.2) is 11.6 Å². The van der Waals surface area contributed by atoms with Gasteiger partial charge in [0.05, 0.1) is 17.9 Å². The fourth-order valence-electron chi connectivity index (χ4n) is 1.90. The summed E-state index contributed by atoms with van der Waals surface area (Å²) in [4.78, 5) is 23.6. The van der Waals surface area contributed by atoms with Gasteiger partial charge >= 0.3 is 0 Å². The van der Waals surface area contributed by atoms with Gasteiger partial charge in [-0.3, -0.25) is 9.59 Å². The Morgan fingerprint density at radius 3 is 2.39 bits per heavy atom. The lowest BCUT2D eigenvalue weighted by Gasteiger charge is -2.13. The first kappa shape index (κ1) is 16.6. The molecule has 0 aromatic heterocycles. The Balaban J connectivity index is 2.26. The summed E-state index contributed by atoms with van der Waals surface area (Å²) >= 11 is 0. The molecule has 2 rings (SSSR count). The molecule has 4 N–H and O–H groups in total. The van der Waals surface area contributed by atoms with Gasteiger partial charge in [0.25, 0.3) is 5.91 Å². The zero-order valence-corrected chi connectivity index (χ0v) is 12.3. The van der Waals surface area contributed by atoms with E-state index < -0.39 is 23.4 Å². The maximum absolute atomic E-state index is 13.2. The number of anilines is 2. The standard InChI is InChI=1S/C16H15F2N3O2/c1-9-2-5-13(14(6-9)20-15(22)8-19)21-16(23)10-3-4-11(17)12(18)7-10/h2-7H,8,19H2,1H3,(H,20,22)(H,21,23). The van der Waals surface area contributed by atoms with E-state index in [0.29, 0.717) is 11.4 Å². The second-order valence-electron chi connectivity index (χ2n) is 4.88. The number of carbonyl (C=O) groups is 2. The number of hydrogen-bond donors (Lipinski definition) is 3. The molecule has 0 radical (unpaired) electrons. The second-order valence-corrected chi connectivity index (χ2v) is 4.88. The van der Waals surface area contributed by atoms with Crippen LogP contribution in [0, 0.1) is 18.6 Å². The van der Waals surface area contributed by atoms with Gasteiger partial charge in [0.2, 0.25) is 5.91 Å². The summed E-state index contributed by atoms with van der Waals surface area (Å²) in [5, 5.41) is 5.11. The van der Waals surface area contributed by atoms with Crippen molar-refractivity contribution in [2.24, 2.45) is 5.73 Å². The molecule has 0 aliphatic heterocycles. The summed E-state index contributed by atoms with van der Waals surface area (Å²) in [5.41, 5.74) is 6.78. The molecule has 7 heteroatoms. The van der Waals surface area contributed by atoms with E-state index in [-0.39, 0.29) is 12.1 Å². The number of halogens is 2. The molecular formula is C16H15F2N3O2. The van der Waals surface area contributed by atoms with E-state index in [0.717, 1.165) is 17.7 Å². The van der Waals surface area contributed by atoms with Crippen molar-refractivity contribution in [3.63, 3.8) is 0 Å². The number of aryl methyl sites for hydroxylation is 1. The molecule has 0 unspecified atom stereocenters. The third-order valence-electron chi connectivity index (χ3n) is 3.06. The first-order valence-corrected chi connectivity index (χ1v) is 6.77. The van der Waals surface area contributed by atoms with Crippen molar-refractivity contribution in [2.45, 2.75) is 6.92 Å². The van der Waals surface area contributed by atoms with E-state index in [2.05, 4.69) is 10.6 Å². The van der Waals surface area contributed by atoms with Gasteiger partial charge < -0.3 is 16.4 Å². The quantitative estimate of drug-likeness (QED) is 0.809. The lowest BCUT2D eigenvalue weighted by Crippen LogP contribution is -2.23. The number of benzene rings is 2. The fourth-order valence-corrected chi connectivity index (χ4v) is 1.90. The minimum atomic E-state index is -1.11. The molecule has 2 aromatic carbocycles. The molecule has 2 amide bonds. The highest BCUT2D eigenvalue weighted by Crippen LogP contribution is 2.24. The summed E-state index contributed by atoms with van der Waals surface area (Å²) < 4.78 is 26.1. The van der Waals surface area contributed by atoms with Crippen molar-refractivity contribution < 1.29 is 18.4 Å². The van der Waals surface area contributed by atoms with Crippen molar-refractivity contribution in [1.29, 1.82) is 0 Å². The van der Waals surface area contributed by atoms with Crippen LogP contribution in [0.5, 0.6) is 0 Å². The van der Waals surface area contributed by atoms with Crippen LogP contribution in [-0.2, 0) is 4.79 Å². The van der Waals surface area contributed by atoms with Gasteiger partial charge in [-0.1, -0.05) is 6.07 Å². The largest absolute Gasteiger partial charge is 0.323 e. The first-order valence-electron chi connectivity index (χ1n) is 6.77. The summed E-state index contributed by atoms with van der Waals surface area (Å²) in [5.74, 6) is -3.19. The highest BCUT2D eigenvalue weighted by Gasteiger charge is 2.13. The van der Waals surface area contributed by atoms with E-state index in [9.17, 15) is 18.4 Å². The lowest BCUT2D eigenvalue weighted by atomic mass is 10.1. The Kier molecular flexibility index (Phi) is 5.02. The highest BCUT2D eigenvalue weighted by molar-refractivity contribution is 6.07. The summed E-state index contributed by atoms with van der Waals surface area (Å²) in [6.07, 6.45) is 0. The van der Waals surface area contributed by atoms with Crippen molar-refractivity contribution >= 4 is 23.2 Å². The van der Waals surface area contributed by atoms with Crippen LogP contribution in [0.1, 0.15) is 15.9 Å². The maximum atomic E-state index is 13.2. The monoisotopic (exact) mass is 319 g/mol. The molecule has 0 saturated heterocycles. The number of nitrogens with two attached hydrogens (primary N) is 1. The minimum absolute atomic E-state index is 0.0411. The van der Waals surface area contributed by atoms with E-state index in [1.165, 1.54) is 6.07 Å². The van der Waals surface area contributed by atoms with Crippen LogP contribution >= 0.6 is 0 Å². The molecule has 0 fully saturated rings. The van der Waals surface area contributed by atoms with Gasteiger partial charge in [-0.05, 0) is 42.8 Å². The molecule has 2 aromatic rings. The predicted octanol–water partition coefficient (Wildman–Crippen LogP) is 2.42. The Morgan fingerprint density at radius 2 is 1.74 bits per heavy atom. The topological polar surface area (TPSA) is 84.2 Å². The molecule has 23 heavy (non-hydrogen) atoms. The molecule has 0 spiro atoms. The van der Waals surface area contributed by atoms with Crippen LogP contribution in [0.4, 0.5) is 20.2 Å². The van der Waals surface area contributed by atoms with Gasteiger partial charge in [-0.2, -0.15) is 0 Å². The van der Waals surface area contributed by atoms with Crippen molar-refractivity contribution in [1.82, 2.24) is 0 Å².